The first-order chi connectivity index (χ1) is 14.0. The zero-order chi connectivity index (χ0) is 20.7. The zero-order valence-corrected chi connectivity index (χ0v) is 17.3. The van der Waals surface area contributed by atoms with Gasteiger partial charge in [-0.2, -0.15) is 0 Å². The molecule has 3 N–H and O–H groups in total. The first-order valence-electron chi connectivity index (χ1n) is 9.76. The summed E-state index contributed by atoms with van der Waals surface area (Å²) in [5, 5.41) is 6.64. The van der Waals surface area contributed by atoms with E-state index in [1.165, 1.54) is 25.0 Å². The number of halogens is 1. The maximum absolute atomic E-state index is 13.3. The predicted molar refractivity (Wildman–Crippen MR) is 112 cm³/mol. The van der Waals surface area contributed by atoms with Crippen LogP contribution in [-0.4, -0.2) is 27.5 Å². The molecule has 3 rings (SSSR count). The van der Waals surface area contributed by atoms with Crippen molar-refractivity contribution < 1.29 is 12.8 Å². The minimum absolute atomic E-state index is 0.0283. The third-order valence-electron chi connectivity index (χ3n) is 4.94. The van der Waals surface area contributed by atoms with Crippen LogP contribution in [0.2, 0.25) is 0 Å². The Morgan fingerprint density at radius 1 is 1.07 bits per heavy atom. The Balaban J connectivity index is 1.60. The highest BCUT2D eigenvalue weighted by Gasteiger charge is 2.17. The van der Waals surface area contributed by atoms with E-state index in [0.29, 0.717) is 18.2 Å². The summed E-state index contributed by atoms with van der Waals surface area (Å²) in [5.74, 6) is 0.323. The highest BCUT2D eigenvalue weighted by atomic mass is 32.2. The summed E-state index contributed by atoms with van der Waals surface area (Å²) >= 11 is 0. The highest BCUT2D eigenvalue weighted by molar-refractivity contribution is 7.89. The monoisotopic (exact) mass is 418 g/mol. The number of rotatable bonds is 7. The van der Waals surface area contributed by atoms with Crippen molar-refractivity contribution in [1.29, 1.82) is 0 Å². The van der Waals surface area contributed by atoms with E-state index in [1.54, 1.807) is 37.4 Å². The van der Waals surface area contributed by atoms with E-state index < -0.39 is 15.8 Å². The number of hydrogen-bond donors (Lipinski definition) is 3. The minimum atomic E-state index is -3.70. The molecule has 0 spiro atoms. The fourth-order valence-corrected chi connectivity index (χ4v) is 4.46. The second-order valence-electron chi connectivity index (χ2n) is 7.15. The Bertz CT molecular complexity index is 957. The Labute approximate surface area is 171 Å². The van der Waals surface area contributed by atoms with Gasteiger partial charge in [-0.15, -0.1) is 0 Å². The lowest BCUT2D eigenvalue weighted by molar-refractivity contribution is 0.580. The molecule has 0 bridgehead atoms. The summed E-state index contributed by atoms with van der Waals surface area (Å²) in [6.07, 6.45) is 4.76. The number of guanidine groups is 1. The number of nitrogens with zero attached hydrogens (tertiary/aromatic N) is 1. The van der Waals surface area contributed by atoms with Crippen molar-refractivity contribution in [2.24, 2.45) is 4.99 Å². The number of sulfonamides is 1. The maximum Gasteiger partial charge on any atom is 0.240 e. The molecular weight excluding hydrogens is 391 g/mol. The van der Waals surface area contributed by atoms with E-state index in [4.69, 9.17) is 0 Å². The van der Waals surface area contributed by atoms with Gasteiger partial charge in [-0.05, 0) is 48.2 Å². The Morgan fingerprint density at radius 3 is 2.45 bits per heavy atom. The quantitative estimate of drug-likeness (QED) is 0.477. The average Bonchev–Trinajstić information content (AvgIpc) is 3.23. The van der Waals surface area contributed by atoms with Gasteiger partial charge in [0.25, 0.3) is 0 Å². The van der Waals surface area contributed by atoms with Gasteiger partial charge in [-0.25, -0.2) is 17.5 Å². The third kappa shape index (κ3) is 6.27. The van der Waals surface area contributed by atoms with Gasteiger partial charge in [-0.1, -0.05) is 37.1 Å². The lowest BCUT2D eigenvalue weighted by atomic mass is 10.2. The van der Waals surface area contributed by atoms with Gasteiger partial charge in [0.05, 0.1) is 4.90 Å². The standard InChI is InChI=1S/C21H27FN4O2S/c1-23-21(26-19-9-2-3-10-19)24-14-17-7-5-11-20(13-17)29(27,28)25-15-16-6-4-8-18(22)12-16/h4-8,11-13,19,25H,2-3,9-10,14-15H2,1H3,(H2,23,24,26). The van der Waals surface area contributed by atoms with Crippen molar-refractivity contribution in [3.63, 3.8) is 0 Å². The molecule has 156 valence electrons. The SMILES string of the molecule is CN=C(NCc1cccc(S(=O)(=O)NCc2cccc(F)c2)c1)NC1CCCC1. The van der Waals surface area contributed by atoms with Crippen LogP contribution in [0.15, 0.2) is 58.4 Å². The van der Waals surface area contributed by atoms with Crippen LogP contribution >= 0.6 is 0 Å². The fraction of sp³-hybridized carbons (Fsp3) is 0.381. The Morgan fingerprint density at radius 2 is 1.76 bits per heavy atom. The van der Waals surface area contributed by atoms with Crippen LogP contribution in [0.25, 0.3) is 0 Å². The van der Waals surface area contributed by atoms with E-state index in [2.05, 4.69) is 20.3 Å². The molecule has 1 aliphatic rings. The summed E-state index contributed by atoms with van der Waals surface area (Å²) in [5.41, 5.74) is 1.39. The molecule has 1 aliphatic carbocycles. The second-order valence-corrected chi connectivity index (χ2v) is 8.92. The number of benzene rings is 2. The summed E-state index contributed by atoms with van der Waals surface area (Å²) < 4.78 is 41.0. The molecule has 0 heterocycles. The summed E-state index contributed by atoms with van der Waals surface area (Å²) in [6, 6.07) is 13.1. The highest BCUT2D eigenvalue weighted by Crippen LogP contribution is 2.17. The molecule has 2 aromatic rings. The molecular formula is C21H27FN4O2S. The molecule has 0 saturated heterocycles. The predicted octanol–water partition coefficient (Wildman–Crippen LogP) is 2.91. The van der Waals surface area contributed by atoms with Gasteiger partial charge in [0.1, 0.15) is 5.82 Å². The summed E-state index contributed by atoms with van der Waals surface area (Å²) in [7, 11) is -1.98. The topological polar surface area (TPSA) is 82.6 Å². The smallest absolute Gasteiger partial charge is 0.240 e. The van der Waals surface area contributed by atoms with E-state index in [1.807, 2.05) is 6.07 Å². The number of nitrogens with one attached hydrogen (secondary N) is 3. The number of hydrogen-bond acceptors (Lipinski definition) is 3. The molecule has 0 unspecified atom stereocenters. The van der Waals surface area contributed by atoms with Gasteiger partial charge in [-0.3, -0.25) is 4.99 Å². The molecule has 0 amide bonds. The molecule has 0 aromatic heterocycles. The van der Waals surface area contributed by atoms with Crippen molar-refractivity contribution in [3.05, 3.63) is 65.5 Å². The van der Waals surface area contributed by atoms with E-state index >= 15 is 0 Å². The van der Waals surface area contributed by atoms with Gasteiger partial charge < -0.3 is 10.6 Å². The van der Waals surface area contributed by atoms with Crippen LogP contribution in [-0.2, 0) is 23.1 Å². The first kappa shape index (κ1) is 21.3. The van der Waals surface area contributed by atoms with Crippen LogP contribution in [0, 0.1) is 5.82 Å². The number of aliphatic imine (C=N–C) groups is 1. The van der Waals surface area contributed by atoms with Gasteiger partial charge in [0.2, 0.25) is 10.0 Å². The molecule has 2 aromatic carbocycles. The van der Waals surface area contributed by atoms with Crippen LogP contribution < -0.4 is 15.4 Å². The second kappa shape index (κ2) is 9.84. The minimum Gasteiger partial charge on any atom is -0.354 e. The zero-order valence-electron chi connectivity index (χ0n) is 16.5. The van der Waals surface area contributed by atoms with E-state index in [9.17, 15) is 12.8 Å². The fourth-order valence-electron chi connectivity index (χ4n) is 3.38. The molecule has 8 heteroatoms. The Hall–Kier alpha value is -2.45. The molecule has 29 heavy (non-hydrogen) atoms. The molecule has 6 nitrogen and oxygen atoms in total. The lowest BCUT2D eigenvalue weighted by Gasteiger charge is -2.17. The third-order valence-corrected chi connectivity index (χ3v) is 6.34. The van der Waals surface area contributed by atoms with Crippen LogP contribution in [0.3, 0.4) is 0 Å². The van der Waals surface area contributed by atoms with Gasteiger partial charge in [0.15, 0.2) is 5.96 Å². The first-order valence-corrected chi connectivity index (χ1v) is 11.2. The largest absolute Gasteiger partial charge is 0.354 e. The van der Waals surface area contributed by atoms with Gasteiger partial charge >= 0.3 is 0 Å². The average molecular weight is 419 g/mol. The van der Waals surface area contributed by atoms with E-state index in [-0.39, 0.29) is 11.4 Å². The normalized spacial score (nSPS) is 15.4. The lowest BCUT2D eigenvalue weighted by Crippen LogP contribution is -2.41. The van der Waals surface area contributed by atoms with Crippen LogP contribution in [0.1, 0.15) is 36.8 Å². The maximum atomic E-state index is 13.3. The summed E-state index contributed by atoms with van der Waals surface area (Å²) in [4.78, 5) is 4.41. The van der Waals surface area contributed by atoms with Crippen molar-refractivity contribution in [3.8, 4) is 0 Å². The molecule has 0 radical (unpaired) electrons. The van der Waals surface area contributed by atoms with Crippen molar-refractivity contribution in [1.82, 2.24) is 15.4 Å². The van der Waals surface area contributed by atoms with E-state index in [0.717, 1.165) is 24.4 Å². The van der Waals surface area contributed by atoms with Crippen LogP contribution in [0.5, 0.6) is 0 Å². The molecule has 1 fully saturated rings. The van der Waals surface area contributed by atoms with Crippen molar-refractivity contribution in [2.75, 3.05) is 7.05 Å². The van der Waals surface area contributed by atoms with Gasteiger partial charge in [0, 0.05) is 26.2 Å². The van der Waals surface area contributed by atoms with Crippen LogP contribution in [0.4, 0.5) is 4.39 Å². The summed E-state index contributed by atoms with van der Waals surface area (Å²) in [6.45, 7) is 0.486. The Kier molecular flexibility index (Phi) is 7.22. The molecule has 1 saturated carbocycles. The molecule has 0 atom stereocenters. The van der Waals surface area contributed by atoms with Crippen molar-refractivity contribution >= 4 is 16.0 Å². The van der Waals surface area contributed by atoms with Crippen molar-refractivity contribution in [2.45, 2.75) is 49.7 Å². The molecule has 0 aliphatic heterocycles.